The summed E-state index contributed by atoms with van der Waals surface area (Å²) < 4.78 is 0. The summed E-state index contributed by atoms with van der Waals surface area (Å²) in [6, 6.07) is -0.420. The molecule has 3 nitrogen and oxygen atoms in total. The molecular weight excluding hydrogens is 214 g/mol. The molecule has 0 aliphatic rings. The van der Waals surface area contributed by atoms with Crippen molar-refractivity contribution in [3.05, 3.63) is 23.8 Å². The van der Waals surface area contributed by atoms with E-state index in [2.05, 4.69) is 11.2 Å². The topological polar surface area (TPSA) is 49.3 Å². The predicted octanol–water partition coefficient (Wildman–Crippen LogP) is 1.65. The zero-order valence-electron chi connectivity index (χ0n) is 10.9. The van der Waals surface area contributed by atoms with Crippen LogP contribution in [0.3, 0.4) is 0 Å². The number of amides is 1. The maximum atomic E-state index is 11.8. The van der Waals surface area contributed by atoms with E-state index in [0.717, 1.165) is 5.57 Å². The van der Waals surface area contributed by atoms with Crippen molar-refractivity contribution in [1.29, 1.82) is 0 Å². The first-order valence-corrected chi connectivity index (χ1v) is 5.57. The van der Waals surface area contributed by atoms with Crippen molar-refractivity contribution >= 4 is 5.91 Å². The van der Waals surface area contributed by atoms with Crippen LogP contribution >= 0.6 is 0 Å². The Labute approximate surface area is 104 Å². The Balaban J connectivity index is 4.80. The standard InChI is InChI=1S/C14H21NO2/c1-6-8-9-11(7-2)12(10-16)15-13(17)14(3,4)5/h1,7-9,12,16H,10H2,2-5H3,(H,15,17)/b9-8-,11-7+. The lowest BCUT2D eigenvalue weighted by Crippen LogP contribution is -2.44. The fourth-order valence-electron chi connectivity index (χ4n) is 1.17. The van der Waals surface area contributed by atoms with Gasteiger partial charge < -0.3 is 10.4 Å². The molecule has 1 atom stereocenters. The van der Waals surface area contributed by atoms with Gasteiger partial charge in [0.15, 0.2) is 0 Å². The van der Waals surface area contributed by atoms with Gasteiger partial charge in [-0.2, -0.15) is 0 Å². The third-order valence-electron chi connectivity index (χ3n) is 2.28. The van der Waals surface area contributed by atoms with Gasteiger partial charge >= 0.3 is 0 Å². The molecule has 0 radical (unpaired) electrons. The molecule has 0 aromatic rings. The van der Waals surface area contributed by atoms with Crippen molar-refractivity contribution in [1.82, 2.24) is 5.32 Å². The molecule has 0 aromatic carbocycles. The number of allylic oxidation sites excluding steroid dienone is 2. The minimum Gasteiger partial charge on any atom is -0.394 e. The molecule has 0 spiro atoms. The number of hydrogen-bond acceptors (Lipinski definition) is 2. The van der Waals surface area contributed by atoms with Crippen molar-refractivity contribution in [2.24, 2.45) is 5.41 Å². The third-order valence-corrected chi connectivity index (χ3v) is 2.28. The molecule has 0 rings (SSSR count). The summed E-state index contributed by atoms with van der Waals surface area (Å²) in [7, 11) is 0. The van der Waals surface area contributed by atoms with Crippen LogP contribution in [0.15, 0.2) is 23.8 Å². The van der Waals surface area contributed by atoms with Gasteiger partial charge in [-0.1, -0.05) is 32.8 Å². The van der Waals surface area contributed by atoms with Crippen molar-refractivity contribution in [2.75, 3.05) is 6.61 Å². The number of terminal acetylenes is 1. The first-order chi connectivity index (χ1) is 7.86. The highest BCUT2D eigenvalue weighted by molar-refractivity contribution is 5.82. The summed E-state index contributed by atoms with van der Waals surface area (Å²) in [6.07, 6.45) is 10.2. The van der Waals surface area contributed by atoms with Crippen LogP contribution in [0.5, 0.6) is 0 Å². The summed E-state index contributed by atoms with van der Waals surface area (Å²) in [4.78, 5) is 11.8. The molecule has 17 heavy (non-hydrogen) atoms. The second-order valence-corrected chi connectivity index (χ2v) is 4.75. The number of hydrogen-bond donors (Lipinski definition) is 2. The van der Waals surface area contributed by atoms with Crippen LogP contribution in [0.1, 0.15) is 27.7 Å². The smallest absolute Gasteiger partial charge is 0.225 e. The average molecular weight is 235 g/mol. The van der Waals surface area contributed by atoms with Crippen LogP contribution in [-0.2, 0) is 4.79 Å². The number of carbonyl (C=O) groups is 1. The van der Waals surface area contributed by atoms with E-state index >= 15 is 0 Å². The SMILES string of the molecule is C#C/C=C\C(=C/C)C(CO)NC(=O)C(C)(C)C. The molecule has 0 bridgehead atoms. The molecule has 3 heteroatoms. The highest BCUT2D eigenvalue weighted by Crippen LogP contribution is 2.14. The highest BCUT2D eigenvalue weighted by Gasteiger charge is 2.24. The zero-order chi connectivity index (χ0) is 13.5. The summed E-state index contributed by atoms with van der Waals surface area (Å²) >= 11 is 0. The Morgan fingerprint density at radius 1 is 1.53 bits per heavy atom. The van der Waals surface area contributed by atoms with E-state index in [9.17, 15) is 9.90 Å². The minimum absolute atomic E-state index is 0.106. The molecule has 1 amide bonds. The van der Waals surface area contributed by atoms with Crippen LogP contribution in [0.4, 0.5) is 0 Å². The third kappa shape index (κ3) is 5.37. The Hall–Kier alpha value is -1.53. The summed E-state index contributed by atoms with van der Waals surface area (Å²) in [5.41, 5.74) is 0.310. The normalized spacial score (nSPS) is 14.5. The van der Waals surface area contributed by atoms with Crippen molar-refractivity contribution in [3.63, 3.8) is 0 Å². The molecule has 2 N–H and O–H groups in total. The zero-order valence-corrected chi connectivity index (χ0v) is 10.9. The monoisotopic (exact) mass is 235 g/mol. The van der Waals surface area contributed by atoms with Gasteiger partial charge in [0, 0.05) is 5.41 Å². The van der Waals surface area contributed by atoms with Gasteiger partial charge in [-0.05, 0) is 24.6 Å². The maximum absolute atomic E-state index is 11.8. The molecule has 1 unspecified atom stereocenters. The molecule has 0 aliphatic carbocycles. The number of carbonyl (C=O) groups excluding carboxylic acids is 1. The molecular formula is C14H21NO2. The second kappa shape index (κ2) is 6.93. The van der Waals surface area contributed by atoms with E-state index in [-0.39, 0.29) is 12.5 Å². The Morgan fingerprint density at radius 3 is 2.47 bits per heavy atom. The predicted molar refractivity (Wildman–Crippen MR) is 70.2 cm³/mol. The van der Waals surface area contributed by atoms with E-state index in [1.807, 2.05) is 33.8 Å². The number of aliphatic hydroxyl groups is 1. The first-order valence-electron chi connectivity index (χ1n) is 5.57. The van der Waals surface area contributed by atoms with Crippen LogP contribution in [0, 0.1) is 17.8 Å². The quantitative estimate of drug-likeness (QED) is 0.575. The van der Waals surface area contributed by atoms with Gasteiger partial charge in [-0.15, -0.1) is 6.42 Å². The van der Waals surface area contributed by atoms with E-state index in [1.165, 1.54) is 0 Å². The number of aliphatic hydroxyl groups excluding tert-OH is 1. The van der Waals surface area contributed by atoms with Crippen LogP contribution in [-0.4, -0.2) is 23.7 Å². The molecule has 0 aliphatic heterocycles. The highest BCUT2D eigenvalue weighted by atomic mass is 16.3. The lowest BCUT2D eigenvalue weighted by atomic mass is 9.94. The lowest BCUT2D eigenvalue weighted by molar-refractivity contribution is -0.129. The molecule has 0 heterocycles. The number of nitrogens with one attached hydrogen (secondary N) is 1. The van der Waals surface area contributed by atoms with Crippen molar-refractivity contribution in [3.8, 4) is 12.3 Å². The van der Waals surface area contributed by atoms with E-state index in [0.29, 0.717) is 0 Å². The van der Waals surface area contributed by atoms with Gasteiger partial charge in [-0.25, -0.2) is 0 Å². The van der Waals surface area contributed by atoms with Crippen molar-refractivity contribution in [2.45, 2.75) is 33.7 Å². The summed E-state index contributed by atoms with van der Waals surface area (Å²) in [5, 5.41) is 12.1. The van der Waals surface area contributed by atoms with E-state index < -0.39 is 11.5 Å². The fourth-order valence-corrected chi connectivity index (χ4v) is 1.17. The molecule has 0 fully saturated rings. The molecule has 0 saturated carbocycles. The first kappa shape index (κ1) is 15.5. The largest absolute Gasteiger partial charge is 0.394 e. The second-order valence-electron chi connectivity index (χ2n) is 4.75. The van der Waals surface area contributed by atoms with Crippen LogP contribution in [0.25, 0.3) is 0 Å². The molecule has 94 valence electrons. The van der Waals surface area contributed by atoms with Gasteiger partial charge in [-0.3, -0.25) is 4.79 Å². The molecule has 0 aromatic heterocycles. The van der Waals surface area contributed by atoms with Crippen LogP contribution in [0.2, 0.25) is 0 Å². The Bertz CT molecular complexity index is 353. The average Bonchev–Trinajstić information content (AvgIpc) is 2.26. The Kier molecular flexibility index (Phi) is 6.30. The van der Waals surface area contributed by atoms with E-state index in [4.69, 9.17) is 6.42 Å². The summed E-state index contributed by atoms with van der Waals surface area (Å²) in [6.45, 7) is 7.15. The van der Waals surface area contributed by atoms with Gasteiger partial charge in [0.25, 0.3) is 0 Å². The fraction of sp³-hybridized carbons (Fsp3) is 0.500. The minimum atomic E-state index is -0.484. The number of rotatable bonds is 4. The van der Waals surface area contributed by atoms with E-state index in [1.54, 1.807) is 12.2 Å². The Morgan fingerprint density at radius 2 is 2.12 bits per heavy atom. The van der Waals surface area contributed by atoms with Crippen LogP contribution < -0.4 is 5.32 Å². The van der Waals surface area contributed by atoms with Gasteiger partial charge in [0.1, 0.15) is 0 Å². The summed E-state index contributed by atoms with van der Waals surface area (Å²) in [5.74, 6) is 2.27. The lowest BCUT2D eigenvalue weighted by Gasteiger charge is -2.23. The van der Waals surface area contributed by atoms with Crippen molar-refractivity contribution < 1.29 is 9.90 Å². The van der Waals surface area contributed by atoms with Gasteiger partial charge in [0.2, 0.25) is 5.91 Å². The molecule has 0 saturated heterocycles. The maximum Gasteiger partial charge on any atom is 0.225 e. The van der Waals surface area contributed by atoms with Gasteiger partial charge in [0.05, 0.1) is 12.6 Å².